The van der Waals surface area contributed by atoms with Gasteiger partial charge >= 0.3 is 0 Å². The van der Waals surface area contributed by atoms with Crippen LogP contribution < -0.4 is 9.47 Å². The van der Waals surface area contributed by atoms with Gasteiger partial charge in [-0.3, -0.25) is 4.98 Å². The van der Waals surface area contributed by atoms with E-state index in [9.17, 15) is 10.2 Å². The lowest BCUT2D eigenvalue weighted by Crippen LogP contribution is -2.70. The molecule has 2 N–H and O–H groups in total. The molecule has 0 saturated heterocycles. The van der Waals surface area contributed by atoms with Crippen LogP contribution in [0, 0.1) is 17.8 Å². The number of hydrogen-bond donors (Lipinski definition) is 2. The molecule has 0 unspecified atom stereocenters. The highest BCUT2D eigenvalue weighted by Crippen LogP contribution is 2.62. The van der Waals surface area contributed by atoms with Gasteiger partial charge in [0, 0.05) is 49.2 Å². The van der Waals surface area contributed by atoms with Gasteiger partial charge in [-0.15, -0.1) is 6.58 Å². The van der Waals surface area contributed by atoms with E-state index in [2.05, 4.69) is 41.9 Å². The van der Waals surface area contributed by atoms with Gasteiger partial charge in [0.25, 0.3) is 0 Å². The summed E-state index contributed by atoms with van der Waals surface area (Å²) in [6.07, 6.45) is 10.7. The zero-order valence-corrected chi connectivity index (χ0v) is 38.9. The van der Waals surface area contributed by atoms with Gasteiger partial charge in [-0.2, -0.15) is 4.31 Å². The van der Waals surface area contributed by atoms with Crippen LogP contribution in [0.2, 0.25) is 0 Å². The number of aromatic nitrogens is 1. The maximum Gasteiger partial charge on any atom is 0.245 e. The van der Waals surface area contributed by atoms with Crippen LogP contribution in [0.25, 0.3) is 21.7 Å². The van der Waals surface area contributed by atoms with Crippen molar-refractivity contribution < 1.29 is 37.7 Å². The van der Waals surface area contributed by atoms with Crippen molar-refractivity contribution in [1.82, 2.24) is 9.29 Å². The van der Waals surface area contributed by atoms with Gasteiger partial charge in [-0.05, 0) is 124 Å². The molecule has 1 aromatic heterocycles. The van der Waals surface area contributed by atoms with Crippen LogP contribution in [-0.2, 0) is 19.6 Å². The number of oxime groups is 1. The number of aliphatic hydroxyl groups is 2. The average Bonchev–Trinajstić information content (AvgIpc) is 3.30. The summed E-state index contributed by atoms with van der Waals surface area (Å²) in [7, 11) is -4.29. The van der Waals surface area contributed by atoms with Crippen molar-refractivity contribution >= 4 is 37.4 Å². The molecule has 0 radical (unpaired) electrons. The van der Waals surface area contributed by atoms with Crippen LogP contribution in [0.4, 0.5) is 0 Å². The second kappa shape index (κ2) is 19.8. The van der Waals surface area contributed by atoms with E-state index in [0.29, 0.717) is 53.1 Å². The van der Waals surface area contributed by atoms with Crippen LogP contribution >= 0.6 is 0 Å². The minimum Gasteiger partial charge on any atom is -0.460 e. The Morgan fingerprint density at radius 2 is 1.63 bits per heavy atom. The van der Waals surface area contributed by atoms with Crippen LogP contribution in [0.5, 0.6) is 17.2 Å². The highest BCUT2D eigenvalue weighted by atomic mass is 32.2. The molecule has 8 rings (SSSR count). The monoisotopic (exact) mass is 901 g/mol. The van der Waals surface area contributed by atoms with E-state index >= 15 is 8.42 Å². The molecule has 0 spiro atoms. The minimum atomic E-state index is -4.29. The van der Waals surface area contributed by atoms with Crippen molar-refractivity contribution in [3.8, 4) is 17.2 Å². The molecule has 344 valence electrons. The molecule has 1 aliphatic heterocycles. The summed E-state index contributed by atoms with van der Waals surface area (Å²) in [5.74, 6) is -0.454. The van der Waals surface area contributed by atoms with Crippen LogP contribution in [0.1, 0.15) is 90.5 Å². The molecule has 4 aromatic carbocycles. The van der Waals surface area contributed by atoms with E-state index in [1.165, 1.54) is 0 Å². The fraction of sp³-hybridized carbons (Fsp3) is 0.434. The quantitative estimate of drug-likeness (QED) is 0.0471. The Morgan fingerprint density at radius 1 is 0.908 bits per heavy atom. The molecule has 1 fully saturated rings. The summed E-state index contributed by atoms with van der Waals surface area (Å²) in [6, 6.07) is 28.1. The summed E-state index contributed by atoms with van der Waals surface area (Å²) < 4.78 is 54.0. The van der Waals surface area contributed by atoms with Crippen LogP contribution in [0.15, 0.2) is 132 Å². The molecule has 12 heteroatoms. The highest BCUT2D eigenvalue weighted by Gasteiger charge is 2.66. The van der Waals surface area contributed by atoms with Gasteiger partial charge in [0.15, 0.2) is 0 Å². The first-order chi connectivity index (χ1) is 31.4. The summed E-state index contributed by atoms with van der Waals surface area (Å²) >= 11 is 0. The summed E-state index contributed by atoms with van der Waals surface area (Å²) in [5, 5.41) is 27.9. The zero-order chi connectivity index (χ0) is 45.8. The zero-order valence-electron chi connectivity index (χ0n) is 38.1. The summed E-state index contributed by atoms with van der Waals surface area (Å²) in [5.41, 5.74) is 2.21. The lowest BCUT2D eigenvalue weighted by molar-refractivity contribution is -0.251. The second-order valence-electron chi connectivity index (χ2n) is 18.5. The number of nitrogens with zero attached hydrogens (tertiary/aromatic N) is 3. The predicted molar refractivity (Wildman–Crippen MR) is 256 cm³/mol. The maximum absolute atomic E-state index is 15.6. The smallest absolute Gasteiger partial charge is 0.245 e. The van der Waals surface area contributed by atoms with Crippen molar-refractivity contribution in [3.05, 3.63) is 127 Å². The molecule has 5 aromatic rings. The first kappa shape index (κ1) is 46.4. The highest BCUT2D eigenvalue weighted by molar-refractivity contribution is 7.89. The molecular weight excluding hydrogens is 839 g/mol. The van der Waals surface area contributed by atoms with Crippen molar-refractivity contribution in [2.45, 2.75) is 107 Å². The Morgan fingerprint density at radius 3 is 2.38 bits per heavy atom. The Hall–Kier alpha value is -5.11. The summed E-state index contributed by atoms with van der Waals surface area (Å²) in [4.78, 5) is 11.0. The van der Waals surface area contributed by atoms with E-state index in [-0.39, 0.29) is 55.4 Å². The Labute approximate surface area is 383 Å². The lowest BCUT2D eigenvalue weighted by atomic mass is 9.55. The number of ether oxygens (including phenoxy) is 3. The van der Waals surface area contributed by atoms with Crippen molar-refractivity contribution in [1.29, 1.82) is 0 Å². The third-order valence-electron chi connectivity index (χ3n) is 13.0. The summed E-state index contributed by atoms with van der Waals surface area (Å²) in [6.45, 7) is 12.3. The minimum absolute atomic E-state index is 0.00121. The van der Waals surface area contributed by atoms with E-state index in [1.54, 1.807) is 34.8 Å². The van der Waals surface area contributed by atoms with Crippen molar-refractivity contribution in [2.75, 3.05) is 26.4 Å². The molecule has 2 heterocycles. The Bertz CT molecular complexity index is 2650. The normalized spacial score (nSPS) is 23.5. The van der Waals surface area contributed by atoms with E-state index in [1.807, 2.05) is 76.2 Å². The number of pyridine rings is 1. The maximum atomic E-state index is 15.6. The van der Waals surface area contributed by atoms with Gasteiger partial charge in [-0.1, -0.05) is 85.6 Å². The number of para-hydroxylation sites is 1. The number of unbranched alkanes of at least 4 members (excludes halogenated alkanes) is 2. The van der Waals surface area contributed by atoms with Crippen LogP contribution in [-0.4, -0.2) is 77.4 Å². The lowest BCUT2D eigenvalue weighted by Gasteiger charge is -2.59. The van der Waals surface area contributed by atoms with Gasteiger partial charge in [0.2, 0.25) is 15.8 Å². The van der Waals surface area contributed by atoms with E-state index in [4.69, 9.17) is 24.2 Å². The van der Waals surface area contributed by atoms with Gasteiger partial charge in [0.05, 0.1) is 29.8 Å². The molecule has 0 bridgehead atoms. The number of hydrogen-bond acceptors (Lipinski definition) is 10. The standard InChI is InChI=1S/C53H63N3O8S/c1-6-28-56(65(59,60)47-22-14-19-37-20-15-27-54-51(37)47)48-35-45(55-64-52(3,4)5)43-33-39(18-10-12-29-57)42(21-11-13-30-58)49-44-34-41(62-40-24-23-36-16-8-9-17-38(36)32-40)25-26-46(44)63-53(48,50(43)49)61-31-7-2/h7-9,14-17,19-20,22-27,32-34,39,42,48-50,57-58H,2,6,10-13,18,21,28-31,35H2,1,3-5H3/t39-,42+,48-,49+,50+,53+/m0/s1. The largest absolute Gasteiger partial charge is 0.460 e. The van der Waals surface area contributed by atoms with Gasteiger partial charge < -0.3 is 29.3 Å². The van der Waals surface area contributed by atoms with Crippen molar-refractivity contribution in [2.24, 2.45) is 22.9 Å². The SMILES string of the molecule is C=CCO[C@@]12Oc3ccc(Oc4ccc5ccccc5c4)cc3[C@H]3[C@H](CCCCO)[C@@H](CCCCO)C=C(C(=NOC(C)(C)C)C[C@@H]1N(CCC)S(=O)(=O)c1cccc4cccnc14)[C@H]32. The second-order valence-corrected chi connectivity index (χ2v) is 20.4. The van der Waals surface area contributed by atoms with Gasteiger partial charge in [0.1, 0.15) is 27.7 Å². The van der Waals surface area contributed by atoms with Crippen LogP contribution in [0.3, 0.4) is 0 Å². The average molecular weight is 902 g/mol. The fourth-order valence-electron chi connectivity index (χ4n) is 10.3. The number of aliphatic hydroxyl groups excluding tert-OH is 2. The third-order valence-corrected chi connectivity index (χ3v) is 14.9. The van der Waals surface area contributed by atoms with E-state index in [0.717, 1.165) is 47.6 Å². The van der Waals surface area contributed by atoms with Crippen molar-refractivity contribution in [3.63, 3.8) is 0 Å². The Kier molecular flexibility index (Phi) is 14.1. The molecule has 1 saturated carbocycles. The molecule has 6 atom stereocenters. The number of benzene rings is 4. The molecule has 2 aliphatic carbocycles. The third kappa shape index (κ3) is 9.47. The number of rotatable bonds is 19. The topological polar surface area (TPSA) is 140 Å². The Balaban J connectivity index is 1.37. The first-order valence-electron chi connectivity index (χ1n) is 23.2. The molecule has 11 nitrogen and oxygen atoms in total. The fourth-order valence-corrected chi connectivity index (χ4v) is 12.2. The molecule has 0 amide bonds. The van der Waals surface area contributed by atoms with E-state index < -0.39 is 33.4 Å². The number of fused-ring (bicyclic) bond motifs is 4. The van der Waals surface area contributed by atoms with Gasteiger partial charge in [-0.25, -0.2) is 8.42 Å². The predicted octanol–water partition coefficient (Wildman–Crippen LogP) is 10.7. The first-order valence-corrected chi connectivity index (χ1v) is 24.6. The number of sulfonamides is 1. The number of allylic oxidation sites excluding steroid dienone is 1. The molecular formula is C53H63N3O8S. The molecule has 65 heavy (non-hydrogen) atoms. The molecule has 3 aliphatic rings.